The fourth-order valence-corrected chi connectivity index (χ4v) is 9.16. The number of ether oxygens (including phenoxy) is 1. The Morgan fingerprint density at radius 1 is 1.02 bits per heavy atom. The minimum atomic E-state index is -0.236. The van der Waals surface area contributed by atoms with Gasteiger partial charge in [0.05, 0.1) is 35.3 Å². The number of carbonyl (C=O) groups excluding carboxylic acids is 2. The number of fused-ring (bicyclic) bond motifs is 1. The standard InChI is InChI=1S/C30H32N6O3S2/c1-39-23-8-4-3-7-22(23)36-25(16-31-27(38)30-13-18-10-19(14-30)12-20(11-18)15-30)34-35-29(36)40-17-26(37)33-28-32-21-6-2-5-9-24(21)41-28/h2-9,18-20H,10-17H2,1H3,(H,31,38)(H,32,33,37). The highest BCUT2D eigenvalue weighted by Crippen LogP contribution is 2.60. The summed E-state index contributed by atoms with van der Waals surface area (Å²) in [4.78, 5) is 31.0. The summed E-state index contributed by atoms with van der Waals surface area (Å²) in [5.41, 5.74) is 1.38. The van der Waals surface area contributed by atoms with Crippen molar-refractivity contribution in [1.82, 2.24) is 25.1 Å². The highest BCUT2D eigenvalue weighted by Gasteiger charge is 2.54. The number of rotatable bonds is 9. The van der Waals surface area contributed by atoms with E-state index < -0.39 is 0 Å². The van der Waals surface area contributed by atoms with Crippen molar-refractivity contribution >= 4 is 50.3 Å². The van der Waals surface area contributed by atoms with Crippen molar-refractivity contribution in [1.29, 1.82) is 0 Å². The summed E-state index contributed by atoms with van der Waals surface area (Å²) in [6.45, 7) is 0.254. The van der Waals surface area contributed by atoms with Gasteiger partial charge < -0.3 is 15.4 Å². The van der Waals surface area contributed by atoms with Gasteiger partial charge in [0, 0.05) is 5.41 Å². The largest absolute Gasteiger partial charge is 0.495 e. The zero-order chi connectivity index (χ0) is 28.0. The molecule has 4 aromatic rings. The van der Waals surface area contributed by atoms with Crippen molar-refractivity contribution in [2.75, 3.05) is 18.2 Å². The van der Waals surface area contributed by atoms with Crippen molar-refractivity contribution in [3.63, 3.8) is 0 Å². The lowest BCUT2D eigenvalue weighted by Crippen LogP contribution is -2.53. The first kappa shape index (κ1) is 26.5. The Hall–Kier alpha value is -3.44. The molecule has 0 radical (unpaired) electrons. The molecule has 0 aliphatic heterocycles. The first-order chi connectivity index (χ1) is 20.0. The number of carbonyl (C=O) groups is 2. The number of para-hydroxylation sites is 3. The van der Waals surface area contributed by atoms with E-state index in [0.717, 1.165) is 35.2 Å². The second kappa shape index (κ2) is 10.8. The van der Waals surface area contributed by atoms with Gasteiger partial charge in [0.2, 0.25) is 11.8 Å². The quantitative estimate of drug-likeness (QED) is 0.250. The van der Waals surface area contributed by atoms with Crippen LogP contribution in [0.3, 0.4) is 0 Å². The van der Waals surface area contributed by atoms with Crippen LogP contribution in [0.1, 0.15) is 44.3 Å². The maximum atomic E-state index is 13.6. The normalized spacial score (nSPS) is 24.5. The molecule has 2 aromatic heterocycles. The van der Waals surface area contributed by atoms with Gasteiger partial charge in [-0.3, -0.25) is 14.2 Å². The molecule has 9 nitrogen and oxygen atoms in total. The Morgan fingerprint density at radius 2 is 1.73 bits per heavy atom. The van der Waals surface area contributed by atoms with Crippen LogP contribution in [0.4, 0.5) is 5.13 Å². The number of nitrogens with zero attached hydrogens (tertiary/aromatic N) is 4. The number of thiazole rings is 1. The SMILES string of the molecule is COc1ccccc1-n1c(CNC(=O)C23CC4CC(CC(C4)C2)C3)nnc1SCC(=O)Nc1nc2ccccc2s1. The lowest BCUT2D eigenvalue weighted by molar-refractivity contribution is -0.146. The van der Waals surface area contributed by atoms with Crippen LogP contribution in [-0.2, 0) is 16.1 Å². The van der Waals surface area contributed by atoms with Crippen molar-refractivity contribution in [3.05, 3.63) is 54.4 Å². The first-order valence-corrected chi connectivity index (χ1v) is 15.9. The second-order valence-corrected chi connectivity index (χ2v) is 13.6. The number of methoxy groups -OCH3 is 1. The first-order valence-electron chi connectivity index (χ1n) is 14.1. The molecular weight excluding hydrogens is 557 g/mol. The van der Waals surface area contributed by atoms with Crippen LogP contribution < -0.4 is 15.4 Å². The molecule has 0 atom stereocenters. The van der Waals surface area contributed by atoms with Crippen LogP contribution in [-0.4, -0.2) is 44.4 Å². The molecule has 4 aliphatic rings. The maximum absolute atomic E-state index is 13.6. The van der Waals surface area contributed by atoms with Crippen LogP contribution in [0.25, 0.3) is 15.9 Å². The number of thioether (sulfide) groups is 1. The Labute approximate surface area is 246 Å². The molecule has 4 aliphatic carbocycles. The summed E-state index contributed by atoms with van der Waals surface area (Å²) in [5, 5.41) is 16.1. The number of nitrogens with one attached hydrogen (secondary N) is 2. The van der Waals surface area contributed by atoms with Crippen LogP contribution in [0.2, 0.25) is 0 Å². The van der Waals surface area contributed by atoms with E-state index in [1.807, 2.05) is 53.1 Å². The van der Waals surface area contributed by atoms with Gasteiger partial charge in [-0.1, -0.05) is 47.4 Å². The van der Waals surface area contributed by atoms with Gasteiger partial charge in [-0.25, -0.2) is 4.98 Å². The molecule has 4 bridgehead atoms. The van der Waals surface area contributed by atoms with Crippen LogP contribution in [0.5, 0.6) is 5.75 Å². The minimum absolute atomic E-state index is 0.128. The molecule has 212 valence electrons. The summed E-state index contributed by atoms with van der Waals surface area (Å²) >= 11 is 2.73. The van der Waals surface area contributed by atoms with Crippen molar-refractivity contribution in [2.24, 2.45) is 23.2 Å². The third-order valence-electron chi connectivity index (χ3n) is 8.83. The van der Waals surface area contributed by atoms with Crippen molar-refractivity contribution < 1.29 is 14.3 Å². The van der Waals surface area contributed by atoms with E-state index in [0.29, 0.717) is 39.6 Å². The molecule has 4 fully saturated rings. The van der Waals surface area contributed by atoms with Gasteiger partial charge in [0.1, 0.15) is 5.75 Å². The van der Waals surface area contributed by atoms with Gasteiger partial charge in [-0.15, -0.1) is 10.2 Å². The Balaban J connectivity index is 1.09. The molecule has 2 N–H and O–H groups in total. The van der Waals surface area contributed by atoms with Gasteiger partial charge >= 0.3 is 0 Å². The number of benzene rings is 2. The summed E-state index contributed by atoms with van der Waals surface area (Å²) in [5.74, 6) is 3.44. The number of anilines is 1. The lowest BCUT2D eigenvalue weighted by Gasteiger charge is -2.55. The molecular formula is C30H32N6O3S2. The Morgan fingerprint density at radius 3 is 2.46 bits per heavy atom. The third kappa shape index (κ3) is 5.10. The average Bonchev–Trinajstić information content (AvgIpc) is 3.57. The Bertz CT molecular complexity index is 1550. The molecule has 2 aromatic carbocycles. The highest BCUT2D eigenvalue weighted by molar-refractivity contribution is 7.99. The molecule has 8 rings (SSSR count). The average molecular weight is 589 g/mol. The summed E-state index contributed by atoms with van der Waals surface area (Å²) < 4.78 is 8.55. The minimum Gasteiger partial charge on any atom is -0.495 e. The molecule has 2 heterocycles. The monoisotopic (exact) mass is 588 g/mol. The zero-order valence-electron chi connectivity index (χ0n) is 22.8. The molecule has 2 amide bonds. The number of aromatic nitrogens is 4. The number of hydrogen-bond donors (Lipinski definition) is 2. The van der Waals surface area contributed by atoms with E-state index in [-0.39, 0.29) is 29.5 Å². The van der Waals surface area contributed by atoms with Crippen LogP contribution in [0.15, 0.2) is 53.7 Å². The molecule has 41 heavy (non-hydrogen) atoms. The summed E-state index contributed by atoms with van der Waals surface area (Å²) in [6.07, 6.45) is 6.91. The zero-order valence-corrected chi connectivity index (χ0v) is 24.5. The van der Waals surface area contributed by atoms with E-state index in [4.69, 9.17) is 4.74 Å². The van der Waals surface area contributed by atoms with E-state index in [1.54, 1.807) is 7.11 Å². The maximum Gasteiger partial charge on any atom is 0.236 e. The van der Waals surface area contributed by atoms with Gasteiger partial charge in [-0.05, 0) is 80.5 Å². The fourth-order valence-electron chi connectivity index (χ4n) is 7.51. The van der Waals surface area contributed by atoms with Crippen LogP contribution >= 0.6 is 23.1 Å². The lowest BCUT2D eigenvalue weighted by atomic mass is 9.49. The highest BCUT2D eigenvalue weighted by atomic mass is 32.2. The molecule has 0 saturated heterocycles. The van der Waals surface area contributed by atoms with Gasteiger partial charge in [0.25, 0.3) is 0 Å². The topological polar surface area (TPSA) is 111 Å². The third-order valence-corrected chi connectivity index (χ3v) is 10.7. The summed E-state index contributed by atoms with van der Waals surface area (Å²) in [7, 11) is 1.62. The van der Waals surface area contributed by atoms with Gasteiger partial charge in [-0.2, -0.15) is 0 Å². The molecule has 11 heteroatoms. The number of hydrogen-bond acceptors (Lipinski definition) is 8. The Kier molecular flexibility index (Phi) is 6.94. The van der Waals surface area contributed by atoms with E-state index in [9.17, 15) is 9.59 Å². The second-order valence-electron chi connectivity index (χ2n) is 11.6. The van der Waals surface area contributed by atoms with E-state index in [1.165, 1.54) is 42.4 Å². The molecule has 0 spiro atoms. The van der Waals surface area contributed by atoms with E-state index in [2.05, 4.69) is 25.8 Å². The number of amides is 2. The predicted octanol–water partition coefficient (Wildman–Crippen LogP) is 5.45. The molecule has 0 unspecified atom stereocenters. The smallest absolute Gasteiger partial charge is 0.236 e. The van der Waals surface area contributed by atoms with Crippen molar-refractivity contribution in [3.8, 4) is 11.4 Å². The van der Waals surface area contributed by atoms with E-state index >= 15 is 0 Å². The van der Waals surface area contributed by atoms with Crippen molar-refractivity contribution in [2.45, 2.75) is 50.2 Å². The van der Waals surface area contributed by atoms with Crippen LogP contribution in [0, 0.1) is 23.2 Å². The predicted molar refractivity (Wildman–Crippen MR) is 159 cm³/mol. The fraction of sp³-hybridized carbons (Fsp3) is 0.433. The summed E-state index contributed by atoms with van der Waals surface area (Å²) in [6, 6.07) is 15.4. The molecule has 4 saturated carbocycles. The van der Waals surface area contributed by atoms with Gasteiger partial charge in [0.15, 0.2) is 16.1 Å².